The molecule has 0 saturated heterocycles. The number of rotatable bonds is 2. The maximum Gasteiger partial charge on any atom is 0.416 e. The van der Waals surface area contributed by atoms with Gasteiger partial charge < -0.3 is 10.8 Å². The first-order valence-corrected chi connectivity index (χ1v) is 6.88. The van der Waals surface area contributed by atoms with Gasteiger partial charge in [-0.3, -0.25) is 0 Å². The van der Waals surface area contributed by atoms with Crippen LogP contribution in [0.4, 0.5) is 18.9 Å². The highest BCUT2D eigenvalue weighted by molar-refractivity contribution is 9.10. The van der Waals surface area contributed by atoms with E-state index in [1.54, 1.807) is 12.1 Å². The Bertz CT molecular complexity index is 668. The zero-order valence-electron chi connectivity index (χ0n) is 11.1. The van der Waals surface area contributed by atoms with Gasteiger partial charge in [0.05, 0.1) is 11.3 Å². The minimum Gasteiger partial charge on any atom is -0.397 e. The minimum absolute atomic E-state index is 0.208. The maximum atomic E-state index is 13.1. The first-order valence-electron chi connectivity index (χ1n) is 6.09. The monoisotopic (exact) mass is 359 g/mol. The van der Waals surface area contributed by atoms with Gasteiger partial charge in [0.15, 0.2) is 0 Å². The molecular formula is C15H13BrF3NO. The van der Waals surface area contributed by atoms with Crippen molar-refractivity contribution in [1.29, 1.82) is 0 Å². The quantitative estimate of drug-likeness (QED) is 0.785. The summed E-state index contributed by atoms with van der Waals surface area (Å²) < 4.78 is 39.9. The van der Waals surface area contributed by atoms with Gasteiger partial charge in [-0.15, -0.1) is 0 Å². The van der Waals surface area contributed by atoms with Crippen LogP contribution < -0.4 is 5.73 Å². The second-order valence-electron chi connectivity index (χ2n) is 4.82. The van der Waals surface area contributed by atoms with Crippen LogP contribution >= 0.6 is 15.9 Å². The normalized spacial score (nSPS) is 14.8. The molecule has 2 aromatic rings. The van der Waals surface area contributed by atoms with Crippen molar-refractivity contribution in [2.24, 2.45) is 0 Å². The molecule has 0 fully saturated rings. The molecule has 21 heavy (non-hydrogen) atoms. The van der Waals surface area contributed by atoms with Gasteiger partial charge in [-0.05, 0) is 40.5 Å². The highest BCUT2D eigenvalue weighted by Crippen LogP contribution is 2.42. The van der Waals surface area contributed by atoms with Crippen LogP contribution in [-0.2, 0) is 11.8 Å². The van der Waals surface area contributed by atoms with E-state index >= 15 is 0 Å². The zero-order valence-corrected chi connectivity index (χ0v) is 12.7. The van der Waals surface area contributed by atoms with Gasteiger partial charge in [0.25, 0.3) is 0 Å². The summed E-state index contributed by atoms with van der Waals surface area (Å²) >= 11 is 3.21. The summed E-state index contributed by atoms with van der Waals surface area (Å²) in [7, 11) is 0. The third-order valence-electron chi connectivity index (χ3n) is 3.33. The number of para-hydroxylation sites is 1. The van der Waals surface area contributed by atoms with Crippen molar-refractivity contribution in [1.82, 2.24) is 0 Å². The highest BCUT2D eigenvalue weighted by atomic mass is 79.9. The van der Waals surface area contributed by atoms with E-state index in [9.17, 15) is 18.3 Å². The van der Waals surface area contributed by atoms with Crippen LogP contribution in [0.1, 0.15) is 23.6 Å². The van der Waals surface area contributed by atoms with Crippen LogP contribution in [-0.4, -0.2) is 5.11 Å². The largest absolute Gasteiger partial charge is 0.416 e. The summed E-state index contributed by atoms with van der Waals surface area (Å²) in [4.78, 5) is 0. The summed E-state index contributed by atoms with van der Waals surface area (Å²) in [5, 5.41) is 10.7. The van der Waals surface area contributed by atoms with Crippen molar-refractivity contribution in [3.8, 4) is 0 Å². The lowest BCUT2D eigenvalue weighted by Gasteiger charge is -2.29. The maximum absolute atomic E-state index is 13.1. The van der Waals surface area contributed by atoms with Crippen LogP contribution in [0.25, 0.3) is 0 Å². The Hall–Kier alpha value is -1.53. The number of aliphatic hydroxyl groups is 1. The first-order chi connectivity index (χ1) is 9.65. The summed E-state index contributed by atoms with van der Waals surface area (Å²) in [6.07, 6.45) is -4.55. The average molecular weight is 360 g/mol. The number of hydrogen-bond donors (Lipinski definition) is 2. The van der Waals surface area contributed by atoms with Crippen molar-refractivity contribution >= 4 is 21.6 Å². The van der Waals surface area contributed by atoms with E-state index in [4.69, 9.17) is 5.73 Å². The molecule has 0 heterocycles. The Kier molecular flexibility index (Phi) is 4.04. The fourth-order valence-electron chi connectivity index (χ4n) is 2.26. The number of nitrogens with two attached hydrogens (primary N) is 1. The molecule has 2 nitrogen and oxygen atoms in total. The van der Waals surface area contributed by atoms with Crippen molar-refractivity contribution in [3.05, 3.63) is 63.6 Å². The van der Waals surface area contributed by atoms with E-state index in [1.807, 2.05) is 0 Å². The zero-order chi connectivity index (χ0) is 15.8. The average Bonchev–Trinajstić information content (AvgIpc) is 2.41. The van der Waals surface area contributed by atoms with Gasteiger partial charge in [-0.1, -0.05) is 30.3 Å². The molecule has 1 atom stereocenters. The fourth-order valence-corrected chi connectivity index (χ4v) is 2.63. The number of nitrogen functional groups attached to an aromatic ring is 1. The van der Waals surface area contributed by atoms with Crippen molar-refractivity contribution < 1.29 is 18.3 Å². The van der Waals surface area contributed by atoms with E-state index < -0.39 is 17.3 Å². The SMILES string of the molecule is CC(O)(c1ccccc1C(F)(F)F)c1cccc(Br)c1N. The van der Waals surface area contributed by atoms with E-state index in [2.05, 4.69) is 15.9 Å². The molecule has 2 rings (SSSR count). The molecule has 6 heteroatoms. The second-order valence-corrected chi connectivity index (χ2v) is 5.67. The van der Waals surface area contributed by atoms with Crippen molar-refractivity contribution in [2.45, 2.75) is 18.7 Å². The first kappa shape index (κ1) is 15.9. The van der Waals surface area contributed by atoms with Gasteiger partial charge in [0.2, 0.25) is 0 Å². The molecule has 0 aliphatic rings. The number of halogens is 4. The summed E-state index contributed by atoms with van der Waals surface area (Å²) in [5.74, 6) is 0. The van der Waals surface area contributed by atoms with Gasteiger partial charge in [-0.2, -0.15) is 13.2 Å². The van der Waals surface area contributed by atoms with Crippen LogP contribution in [0, 0.1) is 0 Å². The van der Waals surface area contributed by atoms with E-state index in [0.29, 0.717) is 4.47 Å². The van der Waals surface area contributed by atoms with Crippen molar-refractivity contribution in [2.75, 3.05) is 5.73 Å². The lowest BCUT2D eigenvalue weighted by Crippen LogP contribution is -2.28. The number of alkyl halides is 3. The predicted octanol–water partition coefficient (Wildman–Crippen LogP) is 4.31. The molecule has 2 aromatic carbocycles. The fraction of sp³-hybridized carbons (Fsp3) is 0.200. The smallest absolute Gasteiger partial charge is 0.397 e. The topological polar surface area (TPSA) is 46.2 Å². The number of hydrogen-bond acceptors (Lipinski definition) is 2. The van der Waals surface area contributed by atoms with Gasteiger partial charge in [-0.25, -0.2) is 0 Å². The molecule has 0 saturated carbocycles. The Morgan fingerprint density at radius 2 is 1.48 bits per heavy atom. The Balaban J connectivity index is 2.68. The Labute approximate surface area is 128 Å². The standard InChI is InChI=1S/C15H13BrF3NO/c1-14(21,11-7-4-8-12(16)13(11)20)9-5-2-3-6-10(9)15(17,18)19/h2-8,21H,20H2,1H3. The van der Waals surface area contributed by atoms with E-state index in [-0.39, 0.29) is 16.8 Å². The molecule has 0 aliphatic carbocycles. The van der Waals surface area contributed by atoms with Gasteiger partial charge in [0.1, 0.15) is 5.60 Å². The Morgan fingerprint density at radius 3 is 2.05 bits per heavy atom. The Morgan fingerprint density at radius 1 is 0.952 bits per heavy atom. The van der Waals surface area contributed by atoms with E-state index in [0.717, 1.165) is 6.07 Å². The molecule has 0 bridgehead atoms. The minimum atomic E-state index is -4.55. The highest BCUT2D eigenvalue weighted by Gasteiger charge is 2.40. The van der Waals surface area contributed by atoms with Gasteiger partial charge in [0, 0.05) is 10.0 Å². The third kappa shape index (κ3) is 2.91. The molecule has 112 valence electrons. The molecule has 0 spiro atoms. The number of benzene rings is 2. The predicted molar refractivity (Wildman–Crippen MR) is 78.7 cm³/mol. The molecule has 0 radical (unpaired) electrons. The van der Waals surface area contributed by atoms with Crippen LogP contribution in [0.2, 0.25) is 0 Å². The molecule has 0 aliphatic heterocycles. The second kappa shape index (κ2) is 5.35. The third-order valence-corrected chi connectivity index (χ3v) is 4.03. The van der Waals surface area contributed by atoms with E-state index in [1.165, 1.54) is 31.2 Å². The molecular weight excluding hydrogens is 347 g/mol. The van der Waals surface area contributed by atoms with Crippen LogP contribution in [0.3, 0.4) is 0 Å². The summed E-state index contributed by atoms with van der Waals surface area (Å²) in [5.41, 5.74) is 3.33. The van der Waals surface area contributed by atoms with Gasteiger partial charge >= 0.3 is 6.18 Å². The molecule has 3 N–H and O–H groups in total. The van der Waals surface area contributed by atoms with Crippen LogP contribution in [0.5, 0.6) is 0 Å². The summed E-state index contributed by atoms with van der Waals surface area (Å²) in [6.45, 7) is 1.30. The summed E-state index contributed by atoms with van der Waals surface area (Å²) in [6, 6.07) is 9.71. The number of anilines is 1. The lowest BCUT2D eigenvalue weighted by atomic mass is 9.84. The lowest BCUT2D eigenvalue weighted by molar-refractivity contribution is -0.139. The molecule has 1 unspecified atom stereocenters. The molecule has 0 amide bonds. The van der Waals surface area contributed by atoms with Crippen LogP contribution in [0.15, 0.2) is 46.9 Å². The van der Waals surface area contributed by atoms with Crippen molar-refractivity contribution in [3.63, 3.8) is 0 Å². The molecule has 0 aromatic heterocycles.